The van der Waals surface area contributed by atoms with Crippen molar-refractivity contribution in [1.82, 2.24) is 0 Å². The SMILES string of the molecule is CC1=C(C)[C@@]2(C)SC(N)=N[C@@]12C. The predicted octanol–water partition coefficient (Wildman–Crippen LogP) is 1.92. The number of rotatable bonds is 0. The van der Waals surface area contributed by atoms with Gasteiger partial charge in [-0.3, -0.25) is 4.99 Å². The molecule has 0 aromatic heterocycles. The molecular weight excluding hydrogens is 168 g/mol. The first-order valence-electron chi connectivity index (χ1n) is 4.14. The lowest BCUT2D eigenvalue weighted by molar-refractivity contribution is 0.401. The van der Waals surface area contributed by atoms with Gasteiger partial charge >= 0.3 is 0 Å². The smallest absolute Gasteiger partial charge is 0.155 e. The summed E-state index contributed by atoms with van der Waals surface area (Å²) in [5.41, 5.74) is 8.55. The molecule has 1 aliphatic carbocycles. The molecule has 1 heterocycles. The Labute approximate surface area is 77.3 Å². The quantitative estimate of drug-likeness (QED) is 0.581. The third-order valence-corrected chi connectivity index (χ3v) is 4.99. The van der Waals surface area contributed by atoms with Gasteiger partial charge in [-0.25, -0.2) is 0 Å². The van der Waals surface area contributed by atoms with E-state index in [1.807, 2.05) is 0 Å². The van der Waals surface area contributed by atoms with Crippen molar-refractivity contribution in [1.29, 1.82) is 0 Å². The molecule has 12 heavy (non-hydrogen) atoms. The third kappa shape index (κ3) is 0.586. The lowest BCUT2D eigenvalue weighted by atomic mass is 9.64. The first kappa shape index (κ1) is 8.17. The van der Waals surface area contributed by atoms with E-state index >= 15 is 0 Å². The van der Waals surface area contributed by atoms with Gasteiger partial charge in [0, 0.05) is 0 Å². The molecule has 0 unspecified atom stereocenters. The summed E-state index contributed by atoms with van der Waals surface area (Å²) in [6.45, 7) is 8.73. The van der Waals surface area contributed by atoms with Gasteiger partial charge in [-0.2, -0.15) is 0 Å². The van der Waals surface area contributed by atoms with Crippen LogP contribution in [0.1, 0.15) is 27.7 Å². The molecule has 0 fully saturated rings. The molecule has 0 saturated carbocycles. The molecule has 0 aromatic rings. The Morgan fingerprint density at radius 1 is 1.25 bits per heavy atom. The van der Waals surface area contributed by atoms with Gasteiger partial charge in [0.15, 0.2) is 5.17 Å². The van der Waals surface area contributed by atoms with Crippen LogP contribution in [0.4, 0.5) is 0 Å². The zero-order chi connectivity index (χ0) is 9.15. The Balaban J connectivity index is 2.53. The van der Waals surface area contributed by atoms with Gasteiger partial charge < -0.3 is 5.73 Å². The second-order valence-corrected chi connectivity index (χ2v) is 5.35. The Morgan fingerprint density at radius 2 is 1.83 bits per heavy atom. The van der Waals surface area contributed by atoms with Crippen LogP contribution in [0.2, 0.25) is 0 Å². The fourth-order valence-electron chi connectivity index (χ4n) is 2.20. The van der Waals surface area contributed by atoms with Crippen LogP contribution >= 0.6 is 11.8 Å². The highest BCUT2D eigenvalue weighted by molar-refractivity contribution is 8.15. The Kier molecular flexibility index (Phi) is 1.29. The summed E-state index contributed by atoms with van der Waals surface area (Å²) in [5.74, 6) is 0. The number of nitrogens with zero attached hydrogens (tertiary/aromatic N) is 1. The standard InChI is InChI=1S/C9H14N2S/c1-5-6(2)9(4)8(5,3)11-7(10)12-9/h1-4H3,(H2,10,11)/t8-,9+/m0/s1. The van der Waals surface area contributed by atoms with Crippen molar-refractivity contribution in [3.63, 3.8) is 0 Å². The largest absolute Gasteiger partial charge is 0.378 e. The number of thioether (sulfide) groups is 1. The van der Waals surface area contributed by atoms with Crippen LogP contribution in [0.3, 0.4) is 0 Å². The van der Waals surface area contributed by atoms with Crippen molar-refractivity contribution < 1.29 is 0 Å². The van der Waals surface area contributed by atoms with Gasteiger partial charge in [0.25, 0.3) is 0 Å². The minimum Gasteiger partial charge on any atom is -0.378 e. The lowest BCUT2D eigenvalue weighted by Crippen LogP contribution is -2.54. The summed E-state index contributed by atoms with van der Waals surface area (Å²) in [6.07, 6.45) is 0. The molecule has 2 N–H and O–H groups in total. The first-order valence-corrected chi connectivity index (χ1v) is 4.96. The topological polar surface area (TPSA) is 38.4 Å². The molecule has 0 aromatic carbocycles. The van der Waals surface area contributed by atoms with Crippen LogP contribution in [-0.4, -0.2) is 15.5 Å². The van der Waals surface area contributed by atoms with Crippen molar-refractivity contribution in [2.45, 2.75) is 38.0 Å². The van der Waals surface area contributed by atoms with Gasteiger partial charge in [-0.15, -0.1) is 0 Å². The van der Waals surface area contributed by atoms with E-state index in [1.54, 1.807) is 11.8 Å². The van der Waals surface area contributed by atoms with Gasteiger partial charge in [-0.05, 0) is 33.3 Å². The summed E-state index contributed by atoms with van der Waals surface area (Å²) in [5, 5.41) is 0.733. The lowest BCUT2D eigenvalue weighted by Gasteiger charge is -2.50. The average Bonchev–Trinajstić information content (AvgIpc) is 2.20. The molecule has 66 valence electrons. The Hall–Kier alpha value is -0.440. The van der Waals surface area contributed by atoms with E-state index in [4.69, 9.17) is 5.73 Å². The van der Waals surface area contributed by atoms with E-state index in [0.29, 0.717) is 0 Å². The highest BCUT2D eigenvalue weighted by Crippen LogP contribution is 2.60. The maximum atomic E-state index is 5.74. The minimum atomic E-state index is -0.0220. The van der Waals surface area contributed by atoms with Crippen LogP contribution in [0.25, 0.3) is 0 Å². The maximum Gasteiger partial charge on any atom is 0.155 e. The molecule has 0 amide bonds. The molecule has 0 saturated heterocycles. The van der Waals surface area contributed by atoms with Crippen molar-refractivity contribution >= 4 is 16.9 Å². The number of hydrogen-bond donors (Lipinski definition) is 1. The fourth-order valence-corrected chi connectivity index (χ4v) is 3.55. The van der Waals surface area contributed by atoms with E-state index in [9.17, 15) is 0 Å². The van der Waals surface area contributed by atoms with Crippen molar-refractivity contribution in [2.24, 2.45) is 10.7 Å². The van der Waals surface area contributed by atoms with E-state index in [1.165, 1.54) is 11.1 Å². The summed E-state index contributed by atoms with van der Waals surface area (Å²) < 4.78 is 0.140. The maximum absolute atomic E-state index is 5.74. The molecule has 3 heteroatoms. The summed E-state index contributed by atoms with van der Waals surface area (Å²) in [7, 11) is 0. The van der Waals surface area contributed by atoms with Crippen LogP contribution in [0.5, 0.6) is 0 Å². The number of nitrogens with two attached hydrogens (primary N) is 1. The van der Waals surface area contributed by atoms with E-state index in [-0.39, 0.29) is 10.3 Å². The zero-order valence-corrected chi connectivity index (χ0v) is 8.75. The summed E-state index contributed by atoms with van der Waals surface area (Å²) in [6, 6.07) is 0. The molecule has 2 atom stereocenters. The van der Waals surface area contributed by atoms with Gasteiger partial charge in [0.2, 0.25) is 0 Å². The minimum absolute atomic E-state index is 0.0220. The molecular formula is C9H14N2S. The Morgan fingerprint density at radius 3 is 2.33 bits per heavy atom. The first-order chi connectivity index (χ1) is 5.42. The molecule has 0 radical (unpaired) electrons. The van der Waals surface area contributed by atoms with Gasteiger partial charge in [0.1, 0.15) is 5.54 Å². The normalized spacial score (nSPS) is 45.5. The number of aliphatic imine (C=N–C) groups is 1. The van der Waals surface area contributed by atoms with Crippen LogP contribution in [0.15, 0.2) is 16.1 Å². The fraction of sp³-hybridized carbons (Fsp3) is 0.667. The number of amidine groups is 1. The van der Waals surface area contributed by atoms with Crippen molar-refractivity contribution in [3.8, 4) is 0 Å². The second kappa shape index (κ2) is 1.90. The van der Waals surface area contributed by atoms with Crippen molar-refractivity contribution in [3.05, 3.63) is 11.1 Å². The molecule has 0 bridgehead atoms. The van der Waals surface area contributed by atoms with Gasteiger partial charge in [-0.1, -0.05) is 17.3 Å². The summed E-state index contributed by atoms with van der Waals surface area (Å²) in [4.78, 5) is 4.49. The van der Waals surface area contributed by atoms with E-state index in [2.05, 4.69) is 32.7 Å². The van der Waals surface area contributed by atoms with Crippen LogP contribution < -0.4 is 5.73 Å². The predicted molar refractivity (Wildman–Crippen MR) is 54.4 cm³/mol. The number of fused-ring (bicyclic) bond motifs is 1. The average molecular weight is 182 g/mol. The Bertz CT molecular complexity index is 318. The second-order valence-electron chi connectivity index (χ2n) is 3.91. The third-order valence-electron chi connectivity index (χ3n) is 3.58. The molecule has 2 aliphatic rings. The molecule has 1 aliphatic heterocycles. The molecule has 2 nitrogen and oxygen atoms in total. The monoisotopic (exact) mass is 182 g/mol. The van der Waals surface area contributed by atoms with Gasteiger partial charge in [0.05, 0.1) is 4.75 Å². The molecule has 0 spiro atoms. The highest BCUT2D eigenvalue weighted by Gasteiger charge is 2.60. The van der Waals surface area contributed by atoms with Crippen LogP contribution in [0, 0.1) is 0 Å². The number of hydrogen-bond acceptors (Lipinski definition) is 3. The zero-order valence-electron chi connectivity index (χ0n) is 7.93. The highest BCUT2D eigenvalue weighted by atomic mass is 32.2. The van der Waals surface area contributed by atoms with E-state index in [0.717, 1.165) is 5.17 Å². The molecule has 2 rings (SSSR count). The summed E-state index contributed by atoms with van der Waals surface area (Å²) >= 11 is 1.70. The van der Waals surface area contributed by atoms with Crippen molar-refractivity contribution in [2.75, 3.05) is 0 Å². The van der Waals surface area contributed by atoms with E-state index < -0.39 is 0 Å². The van der Waals surface area contributed by atoms with Crippen LogP contribution in [-0.2, 0) is 0 Å².